The van der Waals surface area contributed by atoms with Crippen molar-refractivity contribution in [1.82, 2.24) is 15.0 Å². The summed E-state index contributed by atoms with van der Waals surface area (Å²) in [5.41, 5.74) is 1.62. The molecular weight excluding hydrogens is 256 g/mol. The molecule has 0 aliphatic rings. The summed E-state index contributed by atoms with van der Waals surface area (Å²) in [6.07, 6.45) is 1.69. The molecule has 0 saturated carbocycles. The van der Waals surface area contributed by atoms with Crippen LogP contribution in [0.2, 0.25) is 0 Å². The lowest BCUT2D eigenvalue weighted by Gasteiger charge is -2.09. The first-order valence-corrected chi connectivity index (χ1v) is 5.91. The van der Waals surface area contributed by atoms with E-state index in [2.05, 4.69) is 16.9 Å². The zero-order valence-electron chi connectivity index (χ0n) is 11.3. The van der Waals surface area contributed by atoms with E-state index in [-0.39, 0.29) is 5.69 Å². The van der Waals surface area contributed by atoms with E-state index in [4.69, 9.17) is 14.7 Å². The first-order valence-electron chi connectivity index (χ1n) is 5.91. The fourth-order valence-electron chi connectivity index (χ4n) is 1.87. The molecule has 1 aromatic heterocycles. The van der Waals surface area contributed by atoms with Gasteiger partial charge in [-0.05, 0) is 12.1 Å². The normalized spacial score (nSPS) is 9.85. The summed E-state index contributed by atoms with van der Waals surface area (Å²) in [5, 5.41) is 17.0. The zero-order valence-corrected chi connectivity index (χ0v) is 11.3. The van der Waals surface area contributed by atoms with Crippen molar-refractivity contribution in [3.63, 3.8) is 0 Å². The average Bonchev–Trinajstić information content (AvgIpc) is 2.89. The van der Waals surface area contributed by atoms with Crippen molar-refractivity contribution >= 4 is 0 Å². The highest BCUT2D eigenvalue weighted by Gasteiger charge is 2.16. The van der Waals surface area contributed by atoms with Gasteiger partial charge in [0.2, 0.25) is 0 Å². The standard InChI is InChI=1S/C14H14N4O2/c1-4-5-18-14(13(9-15)16-17-18)10-6-11(19-2)8-12(7-10)20-3/h4,6-8H,1,5H2,2-3H3. The SMILES string of the molecule is C=CCn1nnc(C#N)c1-c1cc(OC)cc(OC)c1. The Balaban J connectivity index is 2.63. The maximum absolute atomic E-state index is 9.16. The van der Waals surface area contributed by atoms with E-state index in [9.17, 15) is 0 Å². The number of hydrogen-bond donors (Lipinski definition) is 0. The predicted octanol–water partition coefficient (Wildman–Crippen LogP) is 2.02. The quantitative estimate of drug-likeness (QED) is 0.777. The van der Waals surface area contributed by atoms with Crippen molar-refractivity contribution < 1.29 is 9.47 Å². The Kier molecular flexibility index (Phi) is 4.01. The minimum Gasteiger partial charge on any atom is -0.497 e. The van der Waals surface area contributed by atoms with Crippen LogP contribution in [0.15, 0.2) is 30.9 Å². The second-order valence-corrected chi connectivity index (χ2v) is 3.97. The number of methoxy groups -OCH3 is 2. The second-order valence-electron chi connectivity index (χ2n) is 3.97. The summed E-state index contributed by atoms with van der Waals surface area (Å²) in [5.74, 6) is 1.27. The van der Waals surface area contributed by atoms with Gasteiger partial charge in [-0.1, -0.05) is 11.3 Å². The third-order valence-electron chi connectivity index (χ3n) is 2.77. The summed E-state index contributed by atoms with van der Waals surface area (Å²) in [6.45, 7) is 4.13. The van der Waals surface area contributed by atoms with Gasteiger partial charge in [0.15, 0.2) is 5.69 Å². The summed E-state index contributed by atoms with van der Waals surface area (Å²) in [4.78, 5) is 0. The van der Waals surface area contributed by atoms with Gasteiger partial charge in [-0.3, -0.25) is 0 Å². The van der Waals surface area contributed by atoms with E-state index in [1.807, 2.05) is 18.2 Å². The van der Waals surface area contributed by atoms with Crippen LogP contribution in [0.3, 0.4) is 0 Å². The van der Waals surface area contributed by atoms with Crippen LogP contribution in [0, 0.1) is 11.3 Å². The number of nitrogens with zero attached hydrogens (tertiary/aromatic N) is 4. The van der Waals surface area contributed by atoms with Crippen molar-refractivity contribution in [2.24, 2.45) is 0 Å². The maximum atomic E-state index is 9.16. The largest absolute Gasteiger partial charge is 0.497 e. The summed E-state index contributed by atoms with van der Waals surface area (Å²) < 4.78 is 12.1. The van der Waals surface area contributed by atoms with Crippen LogP contribution in [0.25, 0.3) is 11.3 Å². The molecule has 0 spiro atoms. The lowest BCUT2D eigenvalue weighted by molar-refractivity contribution is 0.394. The number of hydrogen-bond acceptors (Lipinski definition) is 5. The van der Waals surface area contributed by atoms with Gasteiger partial charge in [-0.2, -0.15) is 5.26 Å². The summed E-state index contributed by atoms with van der Waals surface area (Å²) >= 11 is 0. The molecule has 20 heavy (non-hydrogen) atoms. The van der Waals surface area contributed by atoms with Crippen molar-refractivity contribution in [3.8, 4) is 28.8 Å². The van der Waals surface area contributed by atoms with Crippen LogP contribution >= 0.6 is 0 Å². The number of nitriles is 1. The van der Waals surface area contributed by atoms with Gasteiger partial charge in [-0.25, -0.2) is 4.68 Å². The Hall–Kier alpha value is -2.81. The summed E-state index contributed by atoms with van der Waals surface area (Å²) in [6, 6.07) is 7.41. The highest BCUT2D eigenvalue weighted by molar-refractivity contribution is 5.68. The number of aromatic nitrogens is 3. The molecule has 1 heterocycles. The Labute approximate surface area is 116 Å². The molecule has 0 unspecified atom stereocenters. The number of rotatable bonds is 5. The molecule has 6 heteroatoms. The van der Waals surface area contributed by atoms with E-state index in [1.54, 1.807) is 31.0 Å². The predicted molar refractivity (Wildman–Crippen MR) is 73.5 cm³/mol. The summed E-state index contributed by atoms with van der Waals surface area (Å²) in [7, 11) is 3.14. The van der Waals surface area contributed by atoms with E-state index < -0.39 is 0 Å². The molecule has 1 aromatic carbocycles. The van der Waals surface area contributed by atoms with Crippen molar-refractivity contribution in [1.29, 1.82) is 5.26 Å². The smallest absolute Gasteiger partial charge is 0.190 e. The Bertz CT molecular complexity index is 648. The van der Waals surface area contributed by atoms with E-state index in [0.29, 0.717) is 23.7 Å². The molecule has 0 aliphatic heterocycles. The van der Waals surface area contributed by atoms with Gasteiger partial charge in [0.25, 0.3) is 0 Å². The second kappa shape index (κ2) is 5.89. The number of benzene rings is 1. The molecule has 2 aromatic rings. The number of ether oxygens (including phenoxy) is 2. The molecule has 6 nitrogen and oxygen atoms in total. The Morgan fingerprint density at radius 2 is 1.95 bits per heavy atom. The van der Waals surface area contributed by atoms with E-state index in [0.717, 1.165) is 5.56 Å². The highest BCUT2D eigenvalue weighted by Crippen LogP contribution is 2.30. The average molecular weight is 270 g/mol. The molecule has 0 atom stereocenters. The topological polar surface area (TPSA) is 73.0 Å². The van der Waals surface area contributed by atoms with Gasteiger partial charge < -0.3 is 9.47 Å². The highest BCUT2D eigenvalue weighted by atomic mass is 16.5. The van der Waals surface area contributed by atoms with Crippen LogP contribution in [0.4, 0.5) is 0 Å². The molecule has 0 N–H and O–H groups in total. The zero-order chi connectivity index (χ0) is 14.5. The first-order chi connectivity index (χ1) is 9.73. The minimum atomic E-state index is 0.252. The third-order valence-corrected chi connectivity index (χ3v) is 2.77. The monoisotopic (exact) mass is 270 g/mol. The minimum absolute atomic E-state index is 0.252. The lowest BCUT2D eigenvalue weighted by Crippen LogP contribution is -2.01. The van der Waals surface area contributed by atoms with Gasteiger partial charge in [-0.15, -0.1) is 11.7 Å². The molecule has 0 fully saturated rings. The van der Waals surface area contributed by atoms with Crippen molar-refractivity contribution in [3.05, 3.63) is 36.5 Å². The van der Waals surface area contributed by atoms with Gasteiger partial charge in [0, 0.05) is 11.6 Å². The van der Waals surface area contributed by atoms with Crippen LogP contribution in [0.5, 0.6) is 11.5 Å². The third kappa shape index (κ3) is 2.47. The van der Waals surface area contributed by atoms with E-state index >= 15 is 0 Å². The Morgan fingerprint density at radius 1 is 1.30 bits per heavy atom. The molecule has 0 radical (unpaired) electrons. The molecule has 0 bridgehead atoms. The fourth-order valence-corrected chi connectivity index (χ4v) is 1.87. The lowest BCUT2D eigenvalue weighted by atomic mass is 10.1. The van der Waals surface area contributed by atoms with Gasteiger partial charge >= 0.3 is 0 Å². The van der Waals surface area contributed by atoms with Gasteiger partial charge in [0.1, 0.15) is 23.3 Å². The van der Waals surface area contributed by atoms with Crippen molar-refractivity contribution in [2.45, 2.75) is 6.54 Å². The van der Waals surface area contributed by atoms with E-state index in [1.165, 1.54) is 0 Å². The van der Waals surface area contributed by atoms with Crippen LogP contribution < -0.4 is 9.47 Å². The number of allylic oxidation sites excluding steroid dienone is 1. The van der Waals surface area contributed by atoms with Crippen LogP contribution in [-0.4, -0.2) is 29.2 Å². The van der Waals surface area contributed by atoms with Gasteiger partial charge in [0.05, 0.1) is 20.8 Å². The molecule has 0 aliphatic carbocycles. The van der Waals surface area contributed by atoms with Crippen molar-refractivity contribution in [2.75, 3.05) is 14.2 Å². The molecular formula is C14H14N4O2. The molecule has 0 amide bonds. The molecule has 0 saturated heterocycles. The maximum Gasteiger partial charge on any atom is 0.190 e. The van der Waals surface area contributed by atoms with Crippen LogP contribution in [-0.2, 0) is 6.54 Å². The fraction of sp³-hybridized carbons (Fsp3) is 0.214. The molecule has 102 valence electrons. The van der Waals surface area contributed by atoms with Crippen LogP contribution in [0.1, 0.15) is 5.69 Å². The Morgan fingerprint density at radius 3 is 2.45 bits per heavy atom. The molecule has 2 rings (SSSR count). The first kappa shape index (κ1) is 13.6.